The molecule has 4 rings (SSSR count). The lowest BCUT2D eigenvalue weighted by atomic mass is 10.2. The van der Waals surface area contributed by atoms with E-state index in [-0.39, 0.29) is 11.9 Å². The largest absolute Gasteiger partial charge is 0.340 e. The van der Waals surface area contributed by atoms with Crippen LogP contribution in [0.2, 0.25) is 0 Å². The molecule has 1 amide bonds. The molecule has 3 heterocycles. The minimum Gasteiger partial charge on any atom is -0.340 e. The topological polar surface area (TPSA) is 103 Å². The number of hydrogen-bond donors (Lipinski definition) is 2. The van der Waals surface area contributed by atoms with E-state index in [1.807, 2.05) is 55.8 Å². The van der Waals surface area contributed by atoms with Gasteiger partial charge >= 0.3 is 0 Å². The molecule has 0 bridgehead atoms. The number of amides is 1. The van der Waals surface area contributed by atoms with Crippen molar-refractivity contribution in [3.63, 3.8) is 0 Å². The minimum atomic E-state index is -0.251. The highest BCUT2D eigenvalue weighted by Gasteiger charge is 2.13. The summed E-state index contributed by atoms with van der Waals surface area (Å²) in [7, 11) is 1.84. The molecule has 0 saturated carbocycles. The van der Waals surface area contributed by atoms with Gasteiger partial charge < -0.3 is 15.2 Å². The average Bonchev–Trinajstić information content (AvgIpc) is 3.38. The van der Waals surface area contributed by atoms with E-state index in [9.17, 15) is 4.79 Å². The third-order valence-electron chi connectivity index (χ3n) is 4.57. The lowest BCUT2D eigenvalue weighted by Gasteiger charge is -2.11. The minimum absolute atomic E-state index is 0.199. The van der Waals surface area contributed by atoms with Gasteiger partial charge in [-0.05, 0) is 44.2 Å². The number of aryl methyl sites for hydroxylation is 1. The fourth-order valence-corrected chi connectivity index (χ4v) is 3.00. The van der Waals surface area contributed by atoms with Crippen molar-refractivity contribution in [3.05, 3.63) is 66.6 Å². The second kappa shape index (κ2) is 8.16. The van der Waals surface area contributed by atoms with Crippen LogP contribution >= 0.6 is 0 Å². The van der Waals surface area contributed by atoms with E-state index in [4.69, 9.17) is 0 Å². The van der Waals surface area contributed by atoms with Crippen LogP contribution in [0, 0.1) is 0 Å². The quantitative estimate of drug-likeness (QED) is 0.510. The smallest absolute Gasteiger partial charge is 0.256 e. The van der Waals surface area contributed by atoms with Crippen LogP contribution in [0.5, 0.6) is 0 Å². The van der Waals surface area contributed by atoms with Gasteiger partial charge in [-0.3, -0.25) is 9.48 Å². The fourth-order valence-electron chi connectivity index (χ4n) is 3.00. The van der Waals surface area contributed by atoms with Gasteiger partial charge in [0, 0.05) is 30.4 Å². The van der Waals surface area contributed by atoms with Crippen molar-refractivity contribution in [3.8, 4) is 11.5 Å². The molecule has 9 heteroatoms. The first kappa shape index (κ1) is 19.3. The second-order valence-corrected chi connectivity index (χ2v) is 7.06. The van der Waals surface area contributed by atoms with E-state index in [0.717, 1.165) is 11.5 Å². The molecule has 30 heavy (non-hydrogen) atoms. The predicted molar refractivity (Wildman–Crippen MR) is 115 cm³/mol. The van der Waals surface area contributed by atoms with Gasteiger partial charge in [0.2, 0.25) is 0 Å². The number of hydrogen-bond acceptors (Lipinski definition) is 6. The van der Waals surface area contributed by atoms with Crippen molar-refractivity contribution in [1.82, 2.24) is 29.5 Å². The number of anilines is 3. The van der Waals surface area contributed by atoms with Gasteiger partial charge in [0.25, 0.3) is 5.91 Å². The van der Waals surface area contributed by atoms with Crippen LogP contribution in [0.4, 0.5) is 17.3 Å². The first-order valence-electron chi connectivity index (χ1n) is 9.54. The molecule has 0 fully saturated rings. The highest BCUT2D eigenvalue weighted by molar-refractivity contribution is 6.04. The molecule has 0 aliphatic rings. The molecule has 4 aromatic rings. The van der Waals surface area contributed by atoms with Gasteiger partial charge in [-0.15, -0.1) is 10.2 Å². The molecule has 1 aromatic carbocycles. The van der Waals surface area contributed by atoms with Gasteiger partial charge in [0.15, 0.2) is 5.82 Å². The molecular weight excluding hydrogens is 380 g/mol. The third-order valence-corrected chi connectivity index (χ3v) is 4.57. The maximum absolute atomic E-state index is 12.8. The van der Waals surface area contributed by atoms with Crippen molar-refractivity contribution in [2.75, 3.05) is 10.6 Å². The number of benzene rings is 1. The zero-order chi connectivity index (χ0) is 21.1. The Bertz CT molecular complexity index is 1180. The van der Waals surface area contributed by atoms with Crippen molar-refractivity contribution in [2.45, 2.75) is 19.9 Å². The number of carbonyl (C=O) groups is 1. The lowest BCUT2D eigenvalue weighted by Crippen LogP contribution is -2.13. The SMILES string of the molecule is CC(C)n1cnnc1-c1cccc(NC(=O)c2cccc(Nc3ccnn3C)c2)n1. The van der Waals surface area contributed by atoms with E-state index < -0.39 is 0 Å². The molecule has 152 valence electrons. The number of pyridine rings is 1. The Morgan fingerprint density at radius 2 is 1.93 bits per heavy atom. The summed E-state index contributed by atoms with van der Waals surface area (Å²) in [5.74, 6) is 1.68. The number of rotatable bonds is 6. The van der Waals surface area contributed by atoms with Crippen molar-refractivity contribution >= 4 is 23.2 Å². The molecule has 0 unspecified atom stereocenters. The van der Waals surface area contributed by atoms with Crippen LogP contribution in [-0.4, -0.2) is 35.4 Å². The normalized spacial score (nSPS) is 10.9. The van der Waals surface area contributed by atoms with Gasteiger partial charge in [0.1, 0.15) is 23.7 Å². The summed E-state index contributed by atoms with van der Waals surface area (Å²) < 4.78 is 3.65. The summed E-state index contributed by atoms with van der Waals surface area (Å²) >= 11 is 0. The zero-order valence-corrected chi connectivity index (χ0v) is 16.9. The van der Waals surface area contributed by atoms with Crippen LogP contribution in [0.15, 0.2) is 61.1 Å². The van der Waals surface area contributed by atoms with Crippen molar-refractivity contribution in [1.29, 1.82) is 0 Å². The predicted octanol–water partition coefficient (Wildman–Crippen LogP) is 3.65. The summed E-state index contributed by atoms with van der Waals surface area (Å²) in [6, 6.07) is 14.7. The Balaban J connectivity index is 1.52. The van der Waals surface area contributed by atoms with E-state index in [1.165, 1.54) is 0 Å². The monoisotopic (exact) mass is 402 g/mol. The van der Waals surface area contributed by atoms with Gasteiger partial charge in [-0.2, -0.15) is 5.10 Å². The Morgan fingerprint density at radius 1 is 1.10 bits per heavy atom. The van der Waals surface area contributed by atoms with E-state index in [2.05, 4.69) is 30.9 Å². The number of carbonyl (C=O) groups excluding carboxylic acids is 1. The first-order chi connectivity index (χ1) is 14.5. The number of aromatic nitrogens is 6. The average molecular weight is 402 g/mol. The molecule has 0 aliphatic carbocycles. The second-order valence-electron chi connectivity index (χ2n) is 7.06. The van der Waals surface area contributed by atoms with Crippen LogP contribution in [0.25, 0.3) is 11.5 Å². The number of nitrogens with zero attached hydrogens (tertiary/aromatic N) is 6. The van der Waals surface area contributed by atoms with Crippen molar-refractivity contribution in [2.24, 2.45) is 7.05 Å². The fraction of sp³-hybridized carbons (Fsp3) is 0.190. The van der Waals surface area contributed by atoms with Gasteiger partial charge in [-0.1, -0.05) is 12.1 Å². The lowest BCUT2D eigenvalue weighted by molar-refractivity contribution is 0.102. The molecule has 0 spiro atoms. The Hall–Kier alpha value is -4.01. The summed E-state index contributed by atoms with van der Waals surface area (Å²) in [6.45, 7) is 4.09. The molecule has 3 aromatic heterocycles. The summed E-state index contributed by atoms with van der Waals surface area (Å²) in [6.07, 6.45) is 3.38. The Labute approximate surface area is 173 Å². The Morgan fingerprint density at radius 3 is 2.70 bits per heavy atom. The van der Waals surface area contributed by atoms with E-state index >= 15 is 0 Å². The molecule has 0 saturated heterocycles. The molecule has 9 nitrogen and oxygen atoms in total. The summed E-state index contributed by atoms with van der Waals surface area (Å²) in [5.41, 5.74) is 1.95. The maximum Gasteiger partial charge on any atom is 0.256 e. The maximum atomic E-state index is 12.8. The summed E-state index contributed by atoms with van der Waals surface area (Å²) in [5, 5.41) is 18.4. The third kappa shape index (κ3) is 4.04. The first-order valence-corrected chi connectivity index (χ1v) is 9.54. The highest BCUT2D eigenvalue weighted by atomic mass is 16.1. The van der Waals surface area contributed by atoms with Crippen LogP contribution < -0.4 is 10.6 Å². The number of nitrogens with one attached hydrogen (secondary N) is 2. The van der Waals surface area contributed by atoms with Gasteiger partial charge in [0.05, 0.1) is 6.20 Å². The van der Waals surface area contributed by atoms with Gasteiger partial charge in [-0.25, -0.2) is 4.98 Å². The van der Waals surface area contributed by atoms with Crippen LogP contribution in [0.3, 0.4) is 0 Å². The molecule has 0 atom stereocenters. The highest BCUT2D eigenvalue weighted by Crippen LogP contribution is 2.21. The molecule has 0 aliphatic heterocycles. The van der Waals surface area contributed by atoms with E-state index in [1.54, 1.807) is 35.4 Å². The zero-order valence-electron chi connectivity index (χ0n) is 16.9. The van der Waals surface area contributed by atoms with E-state index in [0.29, 0.717) is 22.9 Å². The molecule has 0 radical (unpaired) electrons. The van der Waals surface area contributed by atoms with Crippen molar-refractivity contribution < 1.29 is 4.79 Å². The summed E-state index contributed by atoms with van der Waals surface area (Å²) in [4.78, 5) is 17.3. The van der Waals surface area contributed by atoms with Crippen LogP contribution in [0.1, 0.15) is 30.2 Å². The standard InChI is InChI=1S/C21H22N8O/c1-14(2)29-13-22-27-20(29)17-8-5-9-18(25-17)26-21(30)15-6-4-7-16(12-15)24-19-10-11-23-28(19)3/h4-14,24H,1-3H3,(H,25,26,30). The Kier molecular flexibility index (Phi) is 5.25. The van der Waals surface area contributed by atoms with Crippen LogP contribution in [-0.2, 0) is 7.05 Å². The molecular formula is C21H22N8O. The molecule has 2 N–H and O–H groups in total.